The summed E-state index contributed by atoms with van der Waals surface area (Å²) in [6.07, 6.45) is 3.10. The average molecular weight is 1910 g/mol. The van der Waals surface area contributed by atoms with Gasteiger partial charge in [0.05, 0.1) is 118 Å². The summed E-state index contributed by atoms with van der Waals surface area (Å²) >= 11 is 38.3. The first-order chi connectivity index (χ1) is 62.2. The molecule has 8 heterocycles. The van der Waals surface area contributed by atoms with E-state index in [0.29, 0.717) is 150 Å². The number of aryl methyl sites for hydroxylation is 6. The van der Waals surface area contributed by atoms with Crippen LogP contribution in [0.25, 0.3) is 43.6 Å². The molecule has 8 N–H and O–H groups in total. The van der Waals surface area contributed by atoms with E-state index < -0.39 is 68.9 Å². The molecule has 4 aliphatic rings. The second-order valence-electron chi connectivity index (χ2n) is 33.7. The molecule has 3 saturated heterocycles. The van der Waals surface area contributed by atoms with Crippen LogP contribution in [-0.2, 0) is 79.6 Å². The highest BCUT2D eigenvalue weighted by atomic mass is 35.5. The fraction of sp³-hybridized carbons (Fsp3) is 0.326. The van der Waals surface area contributed by atoms with Gasteiger partial charge in [-0.25, -0.2) is 13.6 Å². The van der Waals surface area contributed by atoms with E-state index in [-0.39, 0.29) is 69.7 Å². The molecule has 686 valence electrons. The molecule has 4 amide bonds. The number of aliphatic carboxylic acids is 2. The van der Waals surface area contributed by atoms with Gasteiger partial charge in [-0.2, -0.15) is 5.21 Å². The van der Waals surface area contributed by atoms with Crippen molar-refractivity contribution in [2.45, 2.75) is 113 Å². The zero-order valence-corrected chi connectivity index (χ0v) is 78.1. The van der Waals surface area contributed by atoms with Crippen molar-refractivity contribution in [3.05, 3.63) is 266 Å². The number of tetrazole rings is 1. The number of rotatable bonds is 22. The van der Waals surface area contributed by atoms with Crippen LogP contribution in [0.3, 0.4) is 0 Å². The summed E-state index contributed by atoms with van der Waals surface area (Å²) in [5.74, 6) is -4.31. The molecule has 13 aromatic rings. The standard InChI is InChI=1S/C25H25Cl2FN2O5.C24H24ClFN2O4.C24H25ClN6O2.C22H20Cl2N2O5/c1-24(2,23(32)33)13-5-6-15(16(28)9-13)25(7-8-35-12-25)29-22(31)18-10-14-17(30(18)3)11-19(34-4)21(27)20(14)26;1-13(23(30)31)14-5-6-16(17(26)11-14)24(9-4-10-24)27-22(29)19-12-15-18(28(19)2)7-8-20(32-3)21(15)25;1-14-4-9-19-18(21(14)25)12-20(31(19)3)23(32)26-24(10-11-33-13-24)17-7-5-16(6-8-17)15(2)22-27-29-30-28-22;1-11-6-12(21(28)29)4-5-14(11)22(9-31-10-22)25-20(27)16-7-13-15(26(16)2)8-17(30-3)19(24)18(13)23/h5-6,9-11H,7-8,12H2,1-4H3,(H,29,31)(H,32,33);5-8,11-13H,4,9-10H2,1-3H3,(H,27,29)(H,30,31);4-9,12,15H,10-11,13H2,1-3H3,(H,26,32)(H,27,28,29,30);4-8H,9-10H2,1-3H3,(H,25,27)(H,28,29). The van der Waals surface area contributed by atoms with Crippen LogP contribution in [0.2, 0.25) is 30.1 Å². The third-order valence-electron chi connectivity index (χ3n) is 25.6. The molecule has 1 aliphatic carbocycles. The van der Waals surface area contributed by atoms with E-state index in [2.05, 4.69) is 41.9 Å². The van der Waals surface area contributed by atoms with Crippen LogP contribution in [0.1, 0.15) is 180 Å². The Labute approximate surface area is 780 Å². The van der Waals surface area contributed by atoms with Crippen molar-refractivity contribution in [2.24, 2.45) is 28.2 Å². The lowest BCUT2D eigenvalue weighted by molar-refractivity contribution is -0.142. The van der Waals surface area contributed by atoms with Gasteiger partial charge in [0.1, 0.15) is 67.2 Å². The number of carboxylic acids is 3. The first-order valence-electron chi connectivity index (χ1n) is 41.6. The summed E-state index contributed by atoms with van der Waals surface area (Å²) in [4.78, 5) is 87.5. The zero-order chi connectivity index (χ0) is 94.6. The number of H-pyrrole nitrogens is 1. The largest absolute Gasteiger partial charge is 0.495 e. The fourth-order valence-corrected chi connectivity index (χ4v) is 18.7. The van der Waals surface area contributed by atoms with E-state index in [9.17, 15) is 48.9 Å². The molecule has 0 radical (unpaired) electrons. The first kappa shape index (κ1) is 95.3. The van der Waals surface area contributed by atoms with Crippen molar-refractivity contribution >= 4 is 155 Å². The van der Waals surface area contributed by atoms with Gasteiger partial charge in [-0.05, 0) is 160 Å². The summed E-state index contributed by atoms with van der Waals surface area (Å²) in [5.41, 5.74) is 6.28. The lowest BCUT2D eigenvalue weighted by Gasteiger charge is -2.43. The van der Waals surface area contributed by atoms with Gasteiger partial charge in [0.2, 0.25) is 0 Å². The molecule has 4 unspecified atom stereocenters. The van der Waals surface area contributed by atoms with Gasteiger partial charge in [0, 0.05) is 110 Å². The van der Waals surface area contributed by atoms with Crippen LogP contribution in [-0.4, -0.2) is 157 Å². The normalized spacial score (nSPS) is 17.0. The van der Waals surface area contributed by atoms with E-state index in [1.165, 1.54) is 66.4 Å². The molecule has 0 spiro atoms. The Kier molecular flexibility index (Phi) is 27.5. The van der Waals surface area contributed by atoms with E-state index in [0.717, 1.165) is 50.7 Å². The molecule has 1 saturated carbocycles. The topological polar surface area (TPSA) is 358 Å². The molecule has 0 bridgehead atoms. The lowest BCUT2D eigenvalue weighted by Crippen LogP contribution is -2.59. The Morgan fingerprint density at radius 3 is 1.37 bits per heavy atom. The maximum Gasteiger partial charge on any atom is 0.335 e. The van der Waals surface area contributed by atoms with E-state index in [1.54, 1.807) is 102 Å². The highest BCUT2D eigenvalue weighted by Gasteiger charge is 2.47. The van der Waals surface area contributed by atoms with Crippen molar-refractivity contribution in [3.8, 4) is 17.2 Å². The first-order valence-corrected chi connectivity index (χ1v) is 43.8. The van der Waals surface area contributed by atoms with Crippen LogP contribution in [0.15, 0.2) is 140 Å². The highest BCUT2D eigenvalue weighted by molar-refractivity contribution is 6.47. The summed E-state index contributed by atoms with van der Waals surface area (Å²) in [6.45, 7) is 12.3. The number of carbonyl (C=O) groups excluding carboxylic acids is 4. The van der Waals surface area contributed by atoms with Gasteiger partial charge in [0.15, 0.2) is 5.82 Å². The number of carboxylic acid groups (broad SMARTS) is 3. The molecular formula is C95H94Cl6F2N12O16. The maximum absolute atomic E-state index is 15.4. The molecule has 8 aromatic carbocycles. The number of nitrogens with one attached hydrogen (secondary N) is 5. The molecule has 28 nitrogen and oxygen atoms in total. The van der Waals surface area contributed by atoms with Crippen molar-refractivity contribution in [1.29, 1.82) is 0 Å². The Hall–Kier alpha value is -11.8. The Morgan fingerprint density at radius 1 is 0.473 bits per heavy atom. The predicted octanol–water partition coefficient (Wildman–Crippen LogP) is 18.0. The lowest BCUT2D eigenvalue weighted by atomic mass is 9.71. The summed E-state index contributed by atoms with van der Waals surface area (Å²) < 4.78 is 70.0. The molecule has 36 heteroatoms. The van der Waals surface area contributed by atoms with Crippen LogP contribution >= 0.6 is 69.6 Å². The number of hydrogen-bond donors (Lipinski definition) is 8. The fourth-order valence-electron chi connectivity index (χ4n) is 17.2. The number of hydrogen-bond acceptors (Lipinski definition) is 16. The average Bonchev–Trinajstić information content (AvgIpc) is 1.76. The molecule has 5 aromatic heterocycles. The van der Waals surface area contributed by atoms with Gasteiger partial charge in [-0.1, -0.05) is 142 Å². The van der Waals surface area contributed by atoms with Crippen molar-refractivity contribution in [2.75, 3.05) is 61.0 Å². The number of fused-ring (bicyclic) bond motifs is 4. The SMILES string of the molecule is COc1cc2c(cc(C(=O)NC3(c4ccc(C(=O)O)cc4C)COC3)n2C)c(Cl)c1Cl.COc1cc2c(cc(C(=O)NC3(c4ccc(C(C)(C)C(=O)O)cc4F)CCOC3)n2C)c(Cl)c1Cl.COc1ccc2c(cc(C(=O)NC3(c4ccc(C(C)C(=O)O)cc4F)CCC3)n2C)c1Cl.Cc1ccc2c(cc(C(=O)NC3(c4ccc(C(C)c5nn[nH]n5)cc4)CCOC3)n2C)c1Cl. The Morgan fingerprint density at radius 2 is 0.924 bits per heavy atom. The van der Waals surface area contributed by atoms with Crippen molar-refractivity contribution in [3.63, 3.8) is 0 Å². The Bertz CT molecular complexity index is 6710. The number of amides is 4. The van der Waals surface area contributed by atoms with Crippen LogP contribution in [0.4, 0.5) is 8.78 Å². The summed E-state index contributed by atoms with van der Waals surface area (Å²) in [7, 11) is 11.6. The van der Waals surface area contributed by atoms with Crippen molar-refractivity contribution in [1.82, 2.24) is 60.2 Å². The van der Waals surface area contributed by atoms with Gasteiger partial charge in [-0.3, -0.25) is 28.8 Å². The van der Waals surface area contributed by atoms with E-state index in [1.807, 2.05) is 80.9 Å². The second-order valence-corrected chi connectivity index (χ2v) is 36.0. The van der Waals surface area contributed by atoms with Crippen LogP contribution in [0.5, 0.6) is 17.2 Å². The zero-order valence-electron chi connectivity index (χ0n) is 73.5. The van der Waals surface area contributed by atoms with Crippen molar-refractivity contribution < 1.29 is 86.1 Å². The minimum absolute atomic E-state index is 0.00664. The van der Waals surface area contributed by atoms with Crippen LogP contribution < -0.4 is 35.5 Å². The number of aromatic amines is 1. The van der Waals surface area contributed by atoms with Gasteiger partial charge < -0.3 is 83.3 Å². The number of methoxy groups -OCH3 is 3. The van der Waals surface area contributed by atoms with Crippen LogP contribution in [0, 0.1) is 25.5 Å². The highest BCUT2D eigenvalue weighted by Crippen LogP contribution is 2.47. The maximum atomic E-state index is 15.4. The monoisotopic (exact) mass is 1910 g/mol. The number of carbonyl (C=O) groups is 7. The van der Waals surface area contributed by atoms with Gasteiger partial charge in [0.25, 0.3) is 23.6 Å². The molecular weight excluding hydrogens is 1820 g/mol. The third kappa shape index (κ3) is 17.9. The number of halogens is 8. The Balaban J connectivity index is 0.000000141. The molecule has 3 aliphatic heterocycles. The summed E-state index contributed by atoms with van der Waals surface area (Å²) in [6, 6.07) is 39.6. The minimum Gasteiger partial charge on any atom is -0.495 e. The number of nitrogens with zero attached hydrogens (tertiary/aromatic N) is 7. The quantitative estimate of drug-likeness (QED) is 0.0312. The number of benzene rings is 8. The predicted molar refractivity (Wildman–Crippen MR) is 494 cm³/mol. The number of ether oxygens (including phenoxy) is 6. The smallest absolute Gasteiger partial charge is 0.335 e. The third-order valence-corrected chi connectivity index (χ3v) is 28.3. The van der Waals surface area contributed by atoms with Gasteiger partial charge in [-0.15, -0.1) is 10.2 Å². The van der Waals surface area contributed by atoms with E-state index >= 15 is 8.78 Å². The number of aromatic carboxylic acids is 1. The van der Waals surface area contributed by atoms with Gasteiger partial charge >= 0.3 is 17.9 Å². The second kappa shape index (κ2) is 37.8. The van der Waals surface area contributed by atoms with E-state index in [4.69, 9.17) is 98.0 Å². The molecule has 4 atom stereocenters. The molecule has 17 rings (SSSR count). The summed E-state index contributed by atoms with van der Waals surface area (Å²) in [5, 5.41) is 59.5. The number of aromatic nitrogens is 8. The molecule has 4 fully saturated rings. The molecule has 131 heavy (non-hydrogen) atoms. The minimum atomic E-state index is -1.27.